The van der Waals surface area contributed by atoms with Crippen LogP contribution in [0.2, 0.25) is 0 Å². The molecule has 6 heteroatoms. The first-order chi connectivity index (χ1) is 12.6. The van der Waals surface area contributed by atoms with E-state index in [9.17, 15) is 9.59 Å². The van der Waals surface area contributed by atoms with Crippen LogP contribution in [0.15, 0.2) is 28.9 Å². The number of fused-ring (bicyclic) bond motifs is 1. The predicted octanol–water partition coefficient (Wildman–Crippen LogP) is 2.48. The largest absolute Gasteiger partial charge is 0.348 e. The molecular weight excluding hydrogens is 340 g/mol. The van der Waals surface area contributed by atoms with Gasteiger partial charge in [-0.05, 0) is 70.7 Å². The summed E-state index contributed by atoms with van der Waals surface area (Å²) < 4.78 is 0. The predicted molar refractivity (Wildman–Crippen MR) is 107 cm³/mol. The van der Waals surface area contributed by atoms with Gasteiger partial charge in [0.2, 0.25) is 5.91 Å². The minimum Gasteiger partial charge on any atom is -0.348 e. The fourth-order valence-electron chi connectivity index (χ4n) is 4.30. The van der Waals surface area contributed by atoms with Crippen LogP contribution >= 0.6 is 0 Å². The van der Waals surface area contributed by atoms with E-state index in [0.29, 0.717) is 11.8 Å². The van der Waals surface area contributed by atoms with Gasteiger partial charge < -0.3 is 15.1 Å². The zero-order valence-corrected chi connectivity index (χ0v) is 17.2. The molecule has 3 aliphatic heterocycles. The molecule has 3 heterocycles. The lowest BCUT2D eigenvalue weighted by molar-refractivity contribution is -0.136. The molecule has 2 atom stereocenters. The Hall–Kier alpha value is -1.95. The summed E-state index contributed by atoms with van der Waals surface area (Å²) in [6, 6.07) is 0. The van der Waals surface area contributed by atoms with E-state index in [1.807, 2.05) is 37.1 Å². The van der Waals surface area contributed by atoms with Crippen molar-refractivity contribution in [2.24, 2.45) is 10.9 Å². The van der Waals surface area contributed by atoms with Crippen LogP contribution in [0.4, 0.5) is 0 Å². The van der Waals surface area contributed by atoms with Crippen molar-refractivity contribution < 1.29 is 9.59 Å². The maximum atomic E-state index is 13.3. The Bertz CT molecular complexity index is 722. The van der Waals surface area contributed by atoms with E-state index in [1.54, 1.807) is 0 Å². The standard InChI is InChI=1S/C21H32N4O2/c1-15-8-10-25-17(11-15)22-18(26)12-21(25,5)19(27)23-20(3,4)14-24-9-6-7-16(2)13-24/h8,10-11,16H,6-7,9,12-14H2,1-5H3,(H,23,27)/t16-,21+/m1/s1. The fourth-order valence-corrected chi connectivity index (χ4v) is 4.30. The maximum Gasteiger partial charge on any atom is 0.250 e. The number of amides is 2. The molecule has 0 radical (unpaired) electrons. The zero-order chi connectivity index (χ0) is 19.8. The van der Waals surface area contributed by atoms with Crippen LogP contribution in [0.3, 0.4) is 0 Å². The van der Waals surface area contributed by atoms with Gasteiger partial charge in [-0.3, -0.25) is 9.59 Å². The van der Waals surface area contributed by atoms with E-state index < -0.39 is 5.54 Å². The smallest absolute Gasteiger partial charge is 0.250 e. The number of carbonyl (C=O) groups is 2. The molecule has 0 aromatic rings. The number of aliphatic imine (C=N–C) groups is 1. The summed E-state index contributed by atoms with van der Waals surface area (Å²) in [6.07, 6.45) is 8.22. The average molecular weight is 373 g/mol. The number of piperidine rings is 1. The third-order valence-electron chi connectivity index (χ3n) is 5.66. The summed E-state index contributed by atoms with van der Waals surface area (Å²) in [7, 11) is 0. The molecule has 0 aromatic carbocycles. The number of allylic oxidation sites excluding steroid dienone is 2. The Morgan fingerprint density at radius 2 is 2.19 bits per heavy atom. The van der Waals surface area contributed by atoms with E-state index in [2.05, 4.69) is 36.0 Å². The lowest BCUT2D eigenvalue weighted by Gasteiger charge is -2.44. The van der Waals surface area contributed by atoms with Crippen molar-refractivity contribution >= 4 is 17.6 Å². The first-order valence-electron chi connectivity index (χ1n) is 9.91. The number of likely N-dealkylation sites (tertiary alicyclic amines) is 1. The van der Waals surface area contributed by atoms with Crippen molar-refractivity contribution in [2.75, 3.05) is 19.6 Å². The van der Waals surface area contributed by atoms with Gasteiger partial charge in [-0.15, -0.1) is 0 Å². The van der Waals surface area contributed by atoms with Crippen molar-refractivity contribution in [2.45, 2.75) is 65.0 Å². The highest BCUT2D eigenvalue weighted by molar-refractivity contribution is 6.10. The van der Waals surface area contributed by atoms with Crippen molar-refractivity contribution in [3.05, 3.63) is 23.9 Å². The first-order valence-corrected chi connectivity index (χ1v) is 9.91. The Balaban J connectivity index is 1.73. The Morgan fingerprint density at radius 3 is 2.89 bits per heavy atom. The molecule has 1 saturated heterocycles. The molecule has 1 fully saturated rings. The highest BCUT2D eigenvalue weighted by atomic mass is 16.2. The molecule has 27 heavy (non-hydrogen) atoms. The van der Waals surface area contributed by atoms with Crippen LogP contribution < -0.4 is 5.32 Å². The second kappa shape index (κ2) is 7.23. The molecule has 2 amide bonds. The second-order valence-electron chi connectivity index (χ2n) is 9.21. The molecule has 0 unspecified atom stereocenters. The third-order valence-corrected chi connectivity index (χ3v) is 5.66. The maximum absolute atomic E-state index is 13.3. The average Bonchev–Trinajstić information content (AvgIpc) is 2.53. The lowest BCUT2D eigenvalue weighted by atomic mass is 9.89. The minimum atomic E-state index is -0.964. The fraction of sp³-hybridized carbons (Fsp3) is 0.667. The van der Waals surface area contributed by atoms with E-state index in [1.165, 1.54) is 12.8 Å². The van der Waals surface area contributed by atoms with Gasteiger partial charge in [0.15, 0.2) is 0 Å². The Morgan fingerprint density at radius 1 is 1.44 bits per heavy atom. The molecule has 0 spiro atoms. The van der Waals surface area contributed by atoms with E-state index in [4.69, 9.17) is 0 Å². The summed E-state index contributed by atoms with van der Waals surface area (Å²) >= 11 is 0. The third kappa shape index (κ3) is 4.32. The molecule has 3 rings (SSSR count). The molecule has 0 aromatic heterocycles. The number of amidine groups is 1. The highest BCUT2D eigenvalue weighted by Crippen LogP contribution is 2.30. The van der Waals surface area contributed by atoms with Gasteiger partial charge in [0.05, 0.1) is 6.42 Å². The van der Waals surface area contributed by atoms with Crippen molar-refractivity contribution in [3.63, 3.8) is 0 Å². The molecule has 3 aliphatic rings. The summed E-state index contributed by atoms with van der Waals surface area (Å²) in [5.41, 5.74) is -0.323. The van der Waals surface area contributed by atoms with Crippen LogP contribution in [0, 0.1) is 5.92 Å². The van der Waals surface area contributed by atoms with Gasteiger partial charge in [-0.1, -0.05) is 6.92 Å². The lowest BCUT2D eigenvalue weighted by Crippen LogP contribution is -2.64. The quantitative estimate of drug-likeness (QED) is 0.823. The van der Waals surface area contributed by atoms with Gasteiger partial charge in [-0.2, -0.15) is 4.99 Å². The van der Waals surface area contributed by atoms with Crippen LogP contribution in [0.1, 0.15) is 53.9 Å². The Kier molecular flexibility index (Phi) is 5.30. The number of hydrogen-bond acceptors (Lipinski definition) is 4. The Labute approximate surface area is 162 Å². The summed E-state index contributed by atoms with van der Waals surface area (Å²) in [5.74, 6) is 0.870. The SMILES string of the molecule is CC1=CC2=NC(=O)C[C@@](C)(C(=O)NC(C)(C)CN3CCC[C@@H](C)C3)N2C=C1. The molecule has 6 nitrogen and oxygen atoms in total. The molecule has 148 valence electrons. The monoisotopic (exact) mass is 372 g/mol. The van der Waals surface area contributed by atoms with E-state index in [0.717, 1.165) is 25.2 Å². The first kappa shape index (κ1) is 19.8. The second-order valence-corrected chi connectivity index (χ2v) is 9.21. The normalized spacial score (nSPS) is 29.1. The van der Waals surface area contributed by atoms with Gasteiger partial charge >= 0.3 is 0 Å². The van der Waals surface area contributed by atoms with Gasteiger partial charge in [0, 0.05) is 24.8 Å². The van der Waals surface area contributed by atoms with Crippen molar-refractivity contribution in [1.82, 2.24) is 15.1 Å². The van der Waals surface area contributed by atoms with Gasteiger partial charge in [-0.25, -0.2) is 0 Å². The number of nitrogens with one attached hydrogen (secondary N) is 1. The summed E-state index contributed by atoms with van der Waals surface area (Å²) in [5, 5.41) is 3.21. The molecule has 0 aliphatic carbocycles. The van der Waals surface area contributed by atoms with Crippen molar-refractivity contribution in [1.29, 1.82) is 0 Å². The topological polar surface area (TPSA) is 65.0 Å². The highest BCUT2D eigenvalue weighted by Gasteiger charge is 2.46. The number of nitrogens with zero attached hydrogens (tertiary/aromatic N) is 3. The number of rotatable bonds is 4. The van der Waals surface area contributed by atoms with Gasteiger partial charge in [0.25, 0.3) is 5.91 Å². The van der Waals surface area contributed by atoms with E-state index in [-0.39, 0.29) is 23.8 Å². The van der Waals surface area contributed by atoms with Crippen LogP contribution in [0.5, 0.6) is 0 Å². The molecule has 0 bridgehead atoms. The van der Waals surface area contributed by atoms with Gasteiger partial charge in [0.1, 0.15) is 11.4 Å². The number of hydrogen-bond donors (Lipinski definition) is 1. The molecular formula is C21H32N4O2. The van der Waals surface area contributed by atoms with Crippen LogP contribution in [0.25, 0.3) is 0 Å². The minimum absolute atomic E-state index is 0.0798. The van der Waals surface area contributed by atoms with Crippen LogP contribution in [-0.2, 0) is 9.59 Å². The zero-order valence-electron chi connectivity index (χ0n) is 17.2. The van der Waals surface area contributed by atoms with Crippen molar-refractivity contribution in [3.8, 4) is 0 Å². The van der Waals surface area contributed by atoms with E-state index >= 15 is 0 Å². The van der Waals surface area contributed by atoms with Crippen LogP contribution in [-0.4, -0.2) is 58.2 Å². The number of carbonyl (C=O) groups excluding carboxylic acids is 2. The molecule has 1 N–H and O–H groups in total. The summed E-state index contributed by atoms with van der Waals surface area (Å²) in [6.45, 7) is 13.1. The summed E-state index contributed by atoms with van der Waals surface area (Å²) in [4.78, 5) is 33.9. The molecule has 0 saturated carbocycles.